The van der Waals surface area contributed by atoms with Crippen LogP contribution in [0.2, 0.25) is 0 Å². The van der Waals surface area contributed by atoms with E-state index in [1.165, 1.54) is 5.56 Å². The summed E-state index contributed by atoms with van der Waals surface area (Å²) in [6, 6.07) is 10.3. The van der Waals surface area contributed by atoms with Gasteiger partial charge >= 0.3 is 0 Å². The van der Waals surface area contributed by atoms with Crippen molar-refractivity contribution in [2.75, 3.05) is 0 Å². The fourth-order valence-electron chi connectivity index (χ4n) is 0.750. The molecule has 0 aliphatic rings. The van der Waals surface area contributed by atoms with Crippen LogP contribution in [-0.2, 0) is 6.16 Å². The van der Waals surface area contributed by atoms with E-state index in [1.807, 2.05) is 18.2 Å². The monoisotopic (exact) mass is 140 g/mol. The number of hydrogen-bond acceptors (Lipinski definition) is 1. The summed E-state index contributed by atoms with van der Waals surface area (Å²) in [5, 5.41) is 0. The SMILES string of the molecule is N[PH2+]Cc1ccccc1. The second kappa shape index (κ2) is 3.60. The average Bonchev–Trinajstić information content (AvgIpc) is 1.91. The summed E-state index contributed by atoms with van der Waals surface area (Å²) >= 11 is 0. The lowest BCUT2D eigenvalue weighted by Gasteiger charge is -1.89. The third-order valence-electron chi connectivity index (χ3n) is 1.20. The topological polar surface area (TPSA) is 26.0 Å². The van der Waals surface area contributed by atoms with Crippen LogP contribution < -0.4 is 5.50 Å². The van der Waals surface area contributed by atoms with Crippen molar-refractivity contribution in [2.24, 2.45) is 5.50 Å². The maximum Gasteiger partial charge on any atom is 0.0951 e. The molecule has 1 unspecified atom stereocenters. The van der Waals surface area contributed by atoms with E-state index >= 15 is 0 Å². The summed E-state index contributed by atoms with van der Waals surface area (Å²) in [5.41, 5.74) is 6.80. The highest BCUT2D eigenvalue weighted by Gasteiger charge is 1.89. The molecule has 2 N–H and O–H groups in total. The number of hydrogen-bond donors (Lipinski definition) is 1. The minimum atomic E-state index is 0.125. The number of benzene rings is 1. The van der Waals surface area contributed by atoms with Gasteiger partial charge in [-0.25, -0.2) is 5.50 Å². The second-order valence-corrected chi connectivity index (χ2v) is 2.81. The Morgan fingerprint density at radius 2 is 1.89 bits per heavy atom. The van der Waals surface area contributed by atoms with Crippen LogP contribution in [0.15, 0.2) is 30.3 Å². The van der Waals surface area contributed by atoms with Crippen molar-refractivity contribution in [1.29, 1.82) is 0 Å². The Balaban J connectivity index is 2.61. The summed E-state index contributed by atoms with van der Waals surface area (Å²) < 4.78 is 0. The van der Waals surface area contributed by atoms with Gasteiger partial charge in [0.05, 0.1) is 14.9 Å². The lowest BCUT2D eigenvalue weighted by molar-refractivity contribution is 1.40. The summed E-state index contributed by atoms with van der Waals surface area (Å²) in [4.78, 5) is 0. The van der Waals surface area contributed by atoms with Crippen molar-refractivity contribution >= 4 is 8.73 Å². The van der Waals surface area contributed by atoms with Gasteiger partial charge in [-0.1, -0.05) is 30.3 Å². The number of rotatable bonds is 2. The van der Waals surface area contributed by atoms with Crippen LogP contribution in [0.5, 0.6) is 0 Å². The molecule has 1 rings (SSSR count). The van der Waals surface area contributed by atoms with E-state index in [2.05, 4.69) is 12.1 Å². The van der Waals surface area contributed by atoms with Crippen molar-refractivity contribution in [1.82, 2.24) is 0 Å². The standard InChI is InChI=1S/C7H10NP/c8-9-6-7-4-2-1-3-5-7/h1-5,9H,6,8H2/p+1. The second-order valence-electron chi connectivity index (χ2n) is 1.93. The smallest absolute Gasteiger partial charge is 0.0951 e. The van der Waals surface area contributed by atoms with Gasteiger partial charge < -0.3 is 0 Å². The zero-order valence-corrected chi connectivity index (χ0v) is 6.40. The molecular formula is C7H11NP+. The van der Waals surface area contributed by atoms with Crippen molar-refractivity contribution in [3.63, 3.8) is 0 Å². The molecule has 0 amide bonds. The number of nitrogens with two attached hydrogens (primary N) is 1. The van der Waals surface area contributed by atoms with Crippen LogP contribution in [-0.4, -0.2) is 0 Å². The quantitative estimate of drug-likeness (QED) is 0.618. The third kappa shape index (κ3) is 2.13. The van der Waals surface area contributed by atoms with Crippen LogP contribution in [0, 0.1) is 0 Å². The molecule has 0 heterocycles. The Bertz CT molecular complexity index is 162. The molecule has 0 aromatic heterocycles. The van der Waals surface area contributed by atoms with E-state index in [-0.39, 0.29) is 8.73 Å². The van der Waals surface area contributed by atoms with Gasteiger partial charge in [-0.2, -0.15) is 0 Å². The molecule has 0 radical (unpaired) electrons. The van der Waals surface area contributed by atoms with Crippen molar-refractivity contribution in [3.8, 4) is 0 Å². The van der Waals surface area contributed by atoms with E-state index in [1.54, 1.807) is 0 Å². The highest BCUT2D eigenvalue weighted by molar-refractivity contribution is 7.34. The van der Waals surface area contributed by atoms with Gasteiger partial charge in [0.1, 0.15) is 0 Å². The Morgan fingerprint density at radius 3 is 2.44 bits per heavy atom. The molecule has 1 atom stereocenters. The van der Waals surface area contributed by atoms with Crippen LogP contribution >= 0.6 is 8.73 Å². The summed E-state index contributed by atoms with van der Waals surface area (Å²) in [5.74, 6) is 0. The average molecular weight is 140 g/mol. The van der Waals surface area contributed by atoms with Crippen LogP contribution in [0.4, 0.5) is 0 Å². The first kappa shape index (κ1) is 6.73. The highest BCUT2D eigenvalue weighted by atomic mass is 31.1. The van der Waals surface area contributed by atoms with Crippen molar-refractivity contribution < 1.29 is 0 Å². The fraction of sp³-hybridized carbons (Fsp3) is 0.143. The van der Waals surface area contributed by atoms with E-state index < -0.39 is 0 Å². The molecule has 9 heavy (non-hydrogen) atoms. The fourth-order valence-corrected chi connectivity index (χ4v) is 1.29. The maximum atomic E-state index is 5.44. The van der Waals surface area contributed by atoms with Gasteiger partial charge in [-0.3, -0.25) is 0 Å². The molecule has 0 spiro atoms. The molecule has 0 saturated carbocycles. The molecule has 1 nitrogen and oxygen atoms in total. The van der Waals surface area contributed by atoms with E-state index in [9.17, 15) is 0 Å². The zero-order valence-electron chi connectivity index (χ0n) is 5.25. The molecule has 0 bridgehead atoms. The highest BCUT2D eigenvalue weighted by Crippen LogP contribution is 2.09. The molecule has 0 fully saturated rings. The van der Waals surface area contributed by atoms with Gasteiger partial charge in [0.15, 0.2) is 0 Å². The van der Waals surface area contributed by atoms with Crippen LogP contribution in [0.1, 0.15) is 5.56 Å². The first-order valence-corrected chi connectivity index (χ1v) is 4.49. The minimum absolute atomic E-state index is 0.125. The maximum absolute atomic E-state index is 5.44. The largest absolute Gasteiger partial charge is 0.209 e. The first-order valence-electron chi connectivity index (χ1n) is 3.01. The molecular weight excluding hydrogens is 129 g/mol. The van der Waals surface area contributed by atoms with Crippen LogP contribution in [0.25, 0.3) is 0 Å². The molecule has 0 aliphatic carbocycles. The van der Waals surface area contributed by atoms with E-state index in [4.69, 9.17) is 5.50 Å². The van der Waals surface area contributed by atoms with Gasteiger partial charge in [0.2, 0.25) is 0 Å². The van der Waals surface area contributed by atoms with Gasteiger partial charge in [-0.05, 0) is 5.56 Å². The summed E-state index contributed by atoms with van der Waals surface area (Å²) in [6.45, 7) is 0. The predicted octanol–water partition coefficient (Wildman–Crippen LogP) is 1.47. The summed E-state index contributed by atoms with van der Waals surface area (Å²) in [6.07, 6.45) is 1.07. The Kier molecular flexibility index (Phi) is 2.69. The lowest BCUT2D eigenvalue weighted by Crippen LogP contribution is -1.79. The Morgan fingerprint density at radius 1 is 1.22 bits per heavy atom. The van der Waals surface area contributed by atoms with E-state index in [0.29, 0.717) is 0 Å². The normalized spacial score (nSPS) is 10.8. The Hall–Kier alpha value is -0.390. The molecule has 2 heteroatoms. The zero-order chi connectivity index (χ0) is 6.53. The van der Waals surface area contributed by atoms with Gasteiger partial charge in [-0.15, -0.1) is 0 Å². The molecule has 1 aromatic carbocycles. The lowest BCUT2D eigenvalue weighted by atomic mass is 10.2. The molecule has 0 aliphatic heterocycles. The molecule has 0 saturated heterocycles. The van der Waals surface area contributed by atoms with Gasteiger partial charge in [0, 0.05) is 0 Å². The third-order valence-corrected chi connectivity index (χ3v) is 1.90. The minimum Gasteiger partial charge on any atom is -0.209 e. The van der Waals surface area contributed by atoms with Crippen molar-refractivity contribution in [2.45, 2.75) is 6.16 Å². The predicted molar refractivity (Wildman–Crippen MR) is 44.0 cm³/mol. The van der Waals surface area contributed by atoms with Gasteiger partial charge in [0.25, 0.3) is 0 Å². The van der Waals surface area contributed by atoms with Crippen molar-refractivity contribution in [3.05, 3.63) is 35.9 Å². The molecule has 1 aromatic rings. The Labute approximate surface area is 57.1 Å². The first-order chi connectivity index (χ1) is 4.43. The summed E-state index contributed by atoms with van der Waals surface area (Å²) in [7, 11) is 0.125. The van der Waals surface area contributed by atoms with E-state index in [0.717, 1.165) is 6.16 Å². The van der Waals surface area contributed by atoms with Crippen LogP contribution in [0.3, 0.4) is 0 Å². The molecule has 48 valence electrons.